The molecule has 0 aromatic heterocycles. The van der Waals surface area contributed by atoms with Crippen LogP contribution < -0.4 is 14.8 Å². The fourth-order valence-corrected chi connectivity index (χ4v) is 2.58. The van der Waals surface area contributed by atoms with Crippen LogP contribution in [0.4, 0.5) is 14.5 Å². The molecule has 0 fully saturated rings. The average molecular weight is 394 g/mol. The lowest BCUT2D eigenvalue weighted by Gasteiger charge is -2.12. The summed E-state index contributed by atoms with van der Waals surface area (Å²) in [5.74, 6) is -0.149. The summed E-state index contributed by atoms with van der Waals surface area (Å²) in [7, 11) is 0. The van der Waals surface area contributed by atoms with Crippen molar-refractivity contribution < 1.29 is 23.0 Å². The minimum atomic E-state index is -2.99. The highest BCUT2D eigenvalue weighted by Gasteiger charge is 2.12. The van der Waals surface area contributed by atoms with Crippen LogP contribution in [0.15, 0.2) is 72.8 Å². The Morgan fingerprint density at radius 2 is 1.59 bits per heavy atom. The van der Waals surface area contributed by atoms with Crippen LogP contribution >= 0.6 is 0 Å². The molecule has 146 valence electrons. The van der Waals surface area contributed by atoms with Gasteiger partial charge < -0.3 is 14.8 Å². The van der Waals surface area contributed by atoms with E-state index in [1.54, 1.807) is 30.3 Å². The molecule has 5 nitrogen and oxygen atoms in total. The molecular formula is C22H16F2N2O3. The van der Waals surface area contributed by atoms with E-state index in [-0.39, 0.29) is 18.0 Å². The maximum Gasteiger partial charge on any atom is 0.387 e. The van der Waals surface area contributed by atoms with Crippen LogP contribution in [0.3, 0.4) is 0 Å². The van der Waals surface area contributed by atoms with Crippen molar-refractivity contribution in [1.82, 2.24) is 0 Å². The first-order chi connectivity index (χ1) is 14.0. The molecule has 3 rings (SSSR count). The number of hydrogen-bond acceptors (Lipinski definition) is 4. The second kappa shape index (κ2) is 9.33. The Bertz CT molecular complexity index is 1010. The Morgan fingerprint density at radius 3 is 2.21 bits per heavy atom. The van der Waals surface area contributed by atoms with Gasteiger partial charge in [-0.15, -0.1) is 0 Å². The highest BCUT2D eigenvalue weighted by Crippen LogP contribution is 2.26. The molecule has 0 aliphatic rings. The summed E-state index contributed by atoms with van der Waals surface area (Å²) in [5.41, 5.74) is 2.60. The van der Waals surface area contributed by atoms with Gasteiger partial charge in [-0.05, 0) is 47.5 Å². The Labute approximate surface area is 166 Å². The summed E-state index contributed by atoms with van der Waals surface area (Å²) in [6.07, 6.45) is 0. The van der Waals surface area contributed by atoms with E-state index in [1.165, 1.54) is 18.2 Å². The summed E-state index contributed by atoms with van der Waals surface area (Å²) >= 11 is 0. The normalized spacial score (nSPS) is 10.3. The molecule has 29 heavy (non-hydrogen) atoms. The van der Waals surface area contributed by atoms with Gasteiger partial charge in [-0.3, -0.25) is 4.79 Å². The molecule has 0 unspecified atom stereocenters. The van der Waals surface area contributed by atoms with Gasteiger partial charge in [0.1, 0.15) is 11.5 Å². The summed E-state index contributed by atoms with van der Waals surface area (Å²) in [5, 5.41) is 11.3. The van der Waals surface area contributed by atoms with Crippen molar-refractivity contribution in [3.05, 3.63) is 78.4 Å². The number of nitriles is 1. The standard InChI is InChI=1S/C22H16F2N2O3/c23-22(24)29-20-4-2-1-3-19(20)26-21(27)14-28-18-11-9-17(10-12-18)16-7-5-15(13-25)6-8-16/h1-12,22H,14H2,(H,26,27). The Hall–Kier alpha value is -3.92. The monoisotopic (exact) mass is 394 g/mol. The minimum absolute atomic E-state index is 0.123. The zero-order chi connectivity index (χ0) is 20.6. The van der Waals surface area contributed by atoms with E-state index < -0.39 is 12.5 Å². The lowest BCUT2D eigenvalue weighted by atomic mass is 10.0. The number of nitrogens with zero attached hydrogens (tertiary/aromatic N) is 1. The Balaban J connectivity index is 1.57. The van der Waals surface area contributed by atoms with Crippen LogP contribution in [0, 0.1) is 11.3 Å². The molecule has 3 aromatic rings. The Kier molecular flexibility index (Phi) is 6.38. The van der Waals surface area contributed by atoms with E-state index in [9.17, 15) is 13.6 Å². The number of benzene rings is 3. The van der Waals surface area contributed by atoms with E-state index in [0.717, 1.165) is 11.1 Å². The number of anilines is 1. The first-order valence-corrected chi connectivity index (χ1v) is 8.62. The average Bonchev–Trinajstić information content (AvgIpc) is 2.74. The number of amides is 1. The highest BCUT2D eigenvalue weighted by molar-refractivity contribution is 5.93. The molecule has 0 aliphatic heterocycles. The smallest absolute Gasteiger partial charge is 0.387 e. The van der Waals surface area contributed by atoms with Crippen LogP contribution in [0.25, 0.3) is 11.1 Å². The third-order valence-corrected chi connectivity index (χ3v) is 3.95. The number of rotatable bonds is 7. The van der Waals surface area contributed by atoms with Crippen molar-refractivity contribution in [3.8, 4) is 28.7 Å². The topological polar surface area (TPSA) is 71.3 Å². The van der Waals surface area contributed by atoms with Gasteiger partial charge in [-0.2, -0.15) is 14.0 Å². The summed E-state index contributed by atoms with van der Waals surface area (Å²) in [6, 6.07) is 22.3. The Morgan fingerprint density at radius 1 is 0.966 bits per heavy atom. The molecule has 0 saturated heterocycles. The van der Waals surface area contributed by atoms with Crippen molar-refractivity contribution in [2.45, 2.75) is 6.61 Å². The summed E-state index contributed by atoms with van der Waals surface area (Å²) in [4.78, 5) is 12.1. The molecule has 0 aliphatic carbocycles. The van der Waals surface area contributed by atoms with Crippen LogP contribution in [0.2, 0.25) is 0 Å². The van der Waals surface area contributed by atoms with Crippen molar-refractivity contribution in [2.24, 2.45) is 0 Å². The maximum absolute atomic E-state index is 12.4. The van der Waals surface area contributed by atoms with E-state index in [2.05, 4.69) is 16.1 Å². The van der Waals surface area contributed by atoms with Gasteiger partial charge in [0.05, 0.1) is 17.3 Å². The van der Waals surface area contributed by atoms with Gasteiger partial charge in [0.2, 0.25) is 0 Å². The van der Waals surface area contributed by atoms with E-state index in [0.29, 0.717) is 11.3 Å². The first kappa shape index (κ1) is 19.8. The minimum Gasteiger partial charge on any atom is -0.484 e. The number of alkyl halides is 2. The summed E-state index contributed by atoms with van der Waals surface area (Å²) < 4.78 is 34.7. The van der Waals surface area contributed by atoms with Gasteiger partial charge in [-0.1, -0.05) is 36.4 Å². The number of carbonyl (C=O) groups excluding carboxylic acids is 1. The lowest BCUT2D eigenvalue weighted by Crippen LogP contribution is -2.20. The first-order valence-electron chi connectivity index (χ1n) is 8.62. The van der Waals surface area contributed by atoms with E-state index in [4.69, 9.17) is 10.00 Å². The molecule has 0 radical (unpaired) electrons. The third kappa shape index (κ3) is 5.53. The van der Waals surface area contributed by atoms with E-state index >= 15 is 0 Å². The maximum atomic E-state index is 12.4. The molecule has 1 N–H and O–H groups in total. The number of hydrogen-bond donors (Lipinski definition) is 1. The fourth-order valence-electron chi connectivity index (χ4n) is 2.58. The van der Waals surface area contributed by atoms with Gasteiger partial charge in [-0.25, -0.2) is 0 Å². The largest absolute Gasteiger partial charge is 0.484 e. The van der Waals surface area contributed by atoms with Gasteiger partial charge >= 0.3 is 6.61 Å². The molecule has 0 saturated carbocycles. The number of ether oxygens (including phenoxy) is 2. The van der Waals surface area contributed by atoms with Crippen LogP contribution in [0.5, 0.6) is 11.5 Å². The zero-order valence-electron chi connectivity index (χ0n) is 15.1. The molecule has 0 heterocycles. The van der Waals surface area contributed by atoms with Crippen LogP contribution in [-0.4, -0.2) is 19.1 Å². The molecule has 1 amide bonds. The van der Waals surface area contributed by atoms with Crippen molar-refractivity contribution >= 4 is 11.6 Å². The van der Waals surface area contributed by atoms with E-state index in [1.807, 2.05) is 24.3 Å². The van der Waals surface area contributed by atoms with Crippen LogP contribution in [-0.2, 0) is 4.79 Å². The van der Waals surface area contributed by atoms with Crippen molar-refractivity contribution in [3.63, 3.8) is 0 Å². The van der Waals surface area contributed by atoms with Crippen molar-refractivity contribution in [2.75, 3.05) is 11.9 Å². The molecule has 7 heteroatoms. The second-order valence-electron chi connectivity index (χ2n) is 5.93. The number of nitrogens with one attached hydrogen (secondary N) is 1. The van der Waals surface area contributed by atoms with Gasteiger partial charge in [0.15, 0.2) is 6.61 Å². The number of carbonyl (C=O) groups is 1. The molecule has 0 atom stereocenters. The predicted molar refractivity (Wildman–Crippen MR) is 104 cm³/mol. The van der Waals surface area contributed by atoms with Crippen LogP contribution in [0.1, 0.15) is 5.56 Å². The second-order valence-corrected chi connectivity index (χ2v) is 5.93. The number of para-hydroxylation sites is 2. The van der Waals surface area contributed by atoms with Crippen molar-refractivity contribution in [1.29, 1.82) is 5.26 Å². The highest BCUT2D eigenvalue weighted by atomic mass is 19.3. The lowest BCUT2D eigenvalue weighted by molar-refractivity contribution is -0.118. The predicted octanol–water partition coefficient (Wildman–Crippen LogP) is 4.84. The number of halogens is 2. The summed E-state index contributed by atoms with van der Waals surface area (Å²) in [6.45, 7) is -3.28. The van der Waals surface area contributed by atoms with Gasteiger partial charge in [0, 0.05) is 0 Å². The quantitative estimate of drug-likeness (QED) is 0.622. The molecule has 0 bridgehead atoms. The molecular weight excluding hydrogens is 378 g/mol. The third-order valence-electron chi connectivity index (χ3n) is 3.95. The zero-order valence-corrected chi connectivity index (χ0v) is 15.1. The fraction of sp³-hybridized carbons (Fsp3) is 0.0909. The molecule has 0 spiro atoms. The SMILES string of the molecule is N#Cc1ccc(-c2ccc(OCC(=O)Nc3ccccc3OC(F)F)cc2)cc1. The molecule has 3 aromatic carbocycles. The van der Waals surface area contributed by atoms with Gasteiger partial charge in [0.25, 0.3) is 5.91 Å².